The molecule has 0 bridgehead atoms. The molecule has 0 unspecified atom stereocenters. The summed E-state index contributed by atoms with van der Waals surface area (Å²) < 4.78 is 0. The Morgan fingerprint density at radius 2 is 2.00 bits per heavy atom. The smallest absolute Gasteiger partial charge is 0.412 e. The summed E-state index contributed by atoms with van der Waals surface area (Å²) in [5.41, 5.74) is 1.34. The summed E-state index contributed by atoms with van der Waals surface area (Å²) >= 11 is 6.04. The molecule has 1 aromatic rings. The average Bonchev–Trinajstić information content (AvgIpc) is 2.29. The fraction of sp³-hybridized carbons (Fsp3) is 0.0833. The lowest BCUT2D eigenvalue weighted by Gasteiger charge is -2.24. The largest absolute Gasteiger partial charge is 0.465 e. The van der Waals surface area contributed by atoms with Gasteiger partial charge in [0.1, 0.15) is 0 Å². The molecule has 0 atom stereocenters. The lowest BCUT2D eigenvalue weighted by Crippen LogP contribution is -2.30. The molecule has 16 heavy (non-hydrogen) atoms. The monoisotopic (exact) mass is 235 g/mol. The van der Waals surface area contributed by atoms with E-state index in [1.54, 1.807) is 12.2 Å². The highest BCUT2D eigenvalue weighted by molar-refractivity contribution is 6.34. The molecule has 0 fully saturated rings. The van der Waals surface area contributed by atoms with Crippen LogP contribution in [-0.4, -0.2) is 22.6 Å². The van der Waals surface area contributed by atoms with Crippen molar-refractivity contribution in [2.75, 3.05) is 6.54 Å². The van der Waals surface area contributed by atoms with E-state index in [9.17, 15) is 4.79 Å². The first kappa shape index (κ1) is 10.8. The second-order valence-electron chi connectivity index (χ2n) is 3.36. The van der Waals surface area contributed by atoms with Gasteiger partial charge in [-0.2, -0.15) is 0 Å². The molecule has 0 aromatic heterocycles. The van der Waals surface area contributed by atoms with E-state index < -0.39 is 6.09 Å². The standard InChI is InChI=1S/C12H10ClNO2/c13-10-7-4-8-14(12(15)16)11(10)9-5-2-1-3-6-9/h1-7H,8H2,(H,15,16). The Bertz CT molecular complexity index is 465. The van der Waals surface area contributed by atoms with Crippen molar-refractivity contribution in [2.24, 2.45) is 0 Å². The van der Waals surface area contributed by atoms with Crippen LogP contribution in [0.3, 0.4) is 0 Å². The molecule has 4 heteroatoms. The van der Waals surface area contributed by atoms with Gasteiger partial charge >= 0.3 is 6.09 Å². The van der Waals surface area contributed by atoms with Crippen molar-refractivity contribution in [3.05, 3.63) is 53.1 Å². The lowest BCUT2D eigenvalue weighted by atomic mass is 10.1. The molecule has 0 aliphatic carbocycles. The Hall–Kier alpha value is -1.74. The molecule has 1 heterocycles. The number of allylic oxidation sites excluding steroid dienone is 2. The minimum Gasteiger partial charge on any atom is -0.465 e. The molecule has 0 saturated carbocycles. The zero-order chi connectivity index (χ0) is 11.5. The number of hydrogen-bond acceptors (Lipinski definition) is 1. The number of amides is 1. The summed E-state index contributed by atoms with van der Waals surface area (Å²) in [5.74, 6) is 0. The topological polar surface area (TPSA) is 40.5 Å². The van der Waals surface area contributed by atoms with Gasteiger partial charge in [-0.3, -0.25) is 4.90 Å². The van der Waals surface area contributed by atoms with Crippen molar-refractivity contribution in [1.82, 2.24) is 4.90 Å². The number of hydrogen-bond donors (Lipinski definition) is 1. The molecule has 0 saturated heterocycles. The normalized spacial score (nSPS) is 15.4. The van der Waals surface area contributed by atoms with Crippen LogP contribution in [0.2, 0.25) is 0 Å². The summed E-state index contributed by atoms with van der Waals surface area (Å²) in [6.07, 6.45) is 2.45. The van der Waals surface area contributed by atoms with E-state index in [4.69, 9.17) is 16.7 Å². The predicted molar refractivity (Wildman–Crippen MR) is 63.1 cm³/mol. The number of nitrogens with zero attached hydrogens (tertiary/aromatic N) is 1. The molecule has 2 rings (SSSR count). The fourth-order valence-corrected chi connectivity index (χ4v) is 1.92. The van der Waals surface area contributed by atoms with Crippen LogP contribution < -0.4 is 0 Å². The van der Waals surface area contributed by atoms with Crippen molar-refractivity contribution >= 4 is 23.4 Å². The zero-order valence-electron chi connectivity index (χ0n) is 8.43. The molecule has 1 N–H and O–H groups in total. The first-order valence-electron chi connectivity index (χ1n) is 4.82. The van der Waals surface area contributed by atoms with Crippen molar-refractivity contribution in [2.45, 2.75) is 0 Å². The highest BCUT2D eigenvalue weighted by atomic mass is 35.5. The van der Waals surface area contributed by atoms with Crippen LogP contribution in [0.25, 0.3) is 5.70 Å². The summed E-state index contributed by atoms with van der Waals surface area (Å²) in [6.45, 7) is 0.329. The first-order valence-corrected chi connectivity index (χ1v) is 5.20. The van der Waals surface area contributed by atoms with Gasteiger partial charge < -0.3 is 5.11 Å². The zero-order valence-corrected chi connectivity index (χ0v) is 9.19. The lowest BCUT2D eigenvalue weighted by molar-refractivity contribution is 0.169. The minimum atomic E-state index is -0.999. The van der Waals surface area contributed by atoms with Gasteiger partial charge in [-0.05, 0) is 11.6 Å². The second kappa shape index (κ2) is 4.41. The maximum atomic E-state index is 11.1. The third-order valence-electron chi connectivity index (χ3n) is 2.33. The van der Waals surface area contributed by atoms with Gasteiger partial charge in [0.2, 0.25) is 0 Å². The highest BCUT2D eigenvalue weighted by Gasteiger charge is 2.22. The summed E-state index contributed by atoms with van der Waals surface area (Å²) in [4.78, 5) is 12.3. The molecule has 1 aliphatic rings. The molecule has 1 aromatic carbocycles. The third kappa shape index (κ3) is 1.95. The fourth-order valence-electron chi connectivity index (χ4n) is 1.62. The van der Waals surface area contributed by atoms with Crippen molar-refractivity contribution < 1.29 is 9.90 Å². The van der Waals surface area contributed by atoms with Crippen LogP contribution >= 0.6 is 11.6 Å². The van der Waals surface area contributed by atoms with Gasteiger partial charge in [0.25, 0.3) is 0 Å². The molecular weight excluding hydrogens is 226 g/mol. The van der Waals surface area contributed by atoms with E-state index in [-0.39, 0.29) is 0 Å². The molecular formula is C12H10ClNO2. The van der Waals surface area contributed by atoms with Crippen LogP contribution in [0.15, 0.2) is 47.5 Å². The van der Waals surface area contributed by atoms with Gasteiger partial charge in [-0.15, -0.1) is 0 Å². The number of carbonyl (C=O) groups is 1. The summed E-state index contributed by atoms with van der Waals surface area (Å²) in [5, 5.41) is 9.53. The van der Waals surface area contributed by atoms with E-state index in [1.807, 2.05) is 30.3 Å². The average molecular weight is 236 g/mol. The Morgan fingerprint density at radius 1 is 1.31 bits per heavy atom. The van der Waals surface area contributed by atoms with Crippen molar-refractivity contribution in [3.8, 4) is 0 Å². The Balaban J connectivity index is 2.49. The maximum Gasteiger partial charge on any atom is 0.412 e. The minimum absolute atomic E-state index is 0.329. The van der Waals surface area contributed by atoms with E-state index in [2.05, 4.69) is 0 Å². The van der Waals surface area contributed by atoms with E-state index in [0.29, 0.717) is 17.3 Å². The highest BCUT2D eigenvalue weighted by Crippen LogP contribution is 2.29. The van der Waals surface area contributed by atoms with Gasteiger partial charge in [-0.25, -0.2) is 4.79 Å². The van der Waals surface area contributed by atoms with Crippen LogP contribution in [0.1, 0.15) is 5.56 Å². The number of halogens is 1. The Morgan fingerprint density at radius 3 is 2.62 bits per heavy atom. The van der Waals surface area contributed by atoms with E-state index in [0.717, 1.165) is 5.56 Å². The van der Waals surface area contributed by atoms with Crippen molar-refractivity contribution in [1.29, 1.82) is 0 Å². The van der Waals surface area contributed by atoms with Crippen LogP contribution in [0, 0.1) is 0 Å². The van der Waals surface area contributed by atoms with E-state index >= 15 is 0 Å². The Kier molecular flexibility index (Phi) is 2.97. The number of carboxylic acid groups (broad SMARTS) is 1. The number of rotatable bonds is 1. The second-order valence-corrected chi connectivity index (χ2v) is 3.77. The van der Waals surface area contributed by atoms with Crippen molar-refractivity contribution in [3.63, 3.8) is 0 Å². The van der Waals surface area contributed by atoms with Crippen LogP contribution in [-0.2, 0) is 0 Å². The molecule has 0 spiro atoms. The number of benzene rings is 1. The predicted octanol–water partition coefficient (Wildman–Crippen LogP) is 3.14. The molecule has 3 nitrogen and oxygen atoms in total. The first-order chi connectivity index (χ1) is 7.70. The summed E-state index contributed by atoms with van der Waals surface area (Å²) in [6, 6.07) is 9.26. The Labute approximate surface area is 98.3 Å². The maximum absolute atomic E-state index is 11.1. The van der Waals surface area contributed by atoms with Gasteiger partial charge in [0, 0.05) is 6.54 Å². The quantitative estimate of drug-likeness (QED) is 0.812. The third-order valence-corrected chi connectivity index (χ3v) is 2.63. The van der Waals surface area contributed by atoms with Gasteiger partial charge in [0.05, 0.1) is 10.7 Å². The van der Waals surface area contributed by atoms with Gasteiger partial charge in [-0.1, -0.05) is 48.0 Å². The molecule has 82 valence electrons. The molecule has 1 aliphatic heterocycles. The molecule has 1 amide bonds. The van der Waals surface area contributed by atoms with Gasteiger partial charge in [0.15, 0.2) is 0 Å². The van der Waals surface area contributed by atoms with E-state index in [1.165, 1.54) is 4.90 Å². The SMILES string of the molecule is O=C(O)N1CC=CC(Cl)=C1c1ccccc1. The van der Waals surface area contributed by atoms with Crippen LogP contribution in [0.4, 0.5) is 4.79 Å². The van der Waals surface area contributed by atoms with Crippen LogP contribution in [0.5, 0.6) is 0 Å². The summed E-state index contributed by atoms with van der Waals surface area (Å²) in [7, 11) is 0. The molecule has 0 radical (unpaired) electrons.